The molecule has 0 bridgehead atoms. The molecule has 4 N–H and O–H groups in total. The van der Waals surface area contributed by atoms with Gasteiger partial charge in [0.2, 0.25) is 0 Å². The van der Waals surface area contributed by atoms with Crippen molar-refractivity contribution in [3.8, 4) is 5.88 Å². The van der Waals surface area contributed by atoms with Crippen molar-refractivity contribution in [3.05, 3.63) is 12.3 Å². The van der Waals surface area contributed by atoms with Crippen LogP contribution in [-0.2, 0) is 0 Å². The highest BCUT2D eigenvalue weighted by Crippen LogP contribution is 2.18. The Bertz CT molecular complexity index is 360. The van der Waals surface area contributed by atoms with Crippen LogP contribution in [0.25, 0.3) is 5.65 Å². The summed E-state index contributed by atoms with van der Waals surface area (Å²) in [5.41, 5.74) is 6.02. The fourth-order valence-electron chi connectivity index (χ4n) is 0.873. The number of aromatic nitrogens is 3. The number of aromatic hydroxyl groups is 1. The molecule has 0 unspecified atom stereocenters. The lowest BCUT2D eigenvalue weighted by Crippen LogP contribution is -1.91. The van der Waals surface area contributed by atoms with E-state index in [1.165, 1.54) is 4.52 Å². The van der Waals surface area contributed by atoms with Crippen LogP contribution in [0.3, 0.4) is 0 Å². The number of nitrogen functional groups attached to an aromatic ring is 1. The van der Waals surface area contributed by atoms with Crippen molar-refractivity contribution in [1.82, 2.24) is 14.6 Å². The first-order chi connectivity index (χ1) is 4.79. The zero-order chi connectivity index (χ0) is 7.14. The summed E-state index contributed by atoms with van der Waals surface area (Å²) in [6.45, 7) is 0. The van der Waals surface area contributed by atoms with Gasteiger partial charge in [0.25, 0.3) is 5.88 Å². The molecule has 0 aliphatic heterocycles. The Kier molecular flexibility index (Phi) is 0.743. The summed E-state index contributed by atoms with van der Waals surface area (Å²) in [5.74, 6) is 0.104. The number of hydrogen-bond acceptors (Lipinski definition) is 3. The summed E-state index contributed by atoms with van der Waals surface area (Å²) in [6, 6.07) is 1.72. The van der Waals surface area contributed by atoms with Crippen LogP contribution in [0.15, 0.2) is 12.3 Å². The van der Waals surface area contributed by atoms with Crippen molar-refractivity contribution in [1.29, 1.82) is 0 Å². The summed E-state index contributed by atoms with van der Waals surface area (Å²) < 4.78 is 1.50. The lowest BCUT2D eigenvalue weighted by atomic mass is 10.7. The number of hydrogen-bond donors (Lipinski definition) is 3. The maximum Gasteiger partial charge on any atom is 0.256 e. The Labute approximate surface area is 56.1 Å². The van der Waals surface area contributed by atoms with Crippen LogP contribution in [0.1, 0.15) is 0 Å². The molecule has 0 atom stereocenters. The lowest BCUT2D eigenvalue weighted by molar-refractivity contribution is 0.459. The highest BCUT2D eigenvalue weighted by Gasteiger charge is 2.05. The smallest absolute Gasteiger partial charge is 0.256 e. The van der Waals surface area contributed by atoms with Crippen LogP contribution in [0, 0.1) is 0 Å². The van der Waals surface area contributed by atoms with Crippen molar-refractivity contribution in [3.63, 3.8) is 0 Å². The molecule has 2 aromatic heterocycles. The van der Waals surface area contributed by atoms with E-state index in [2.05, 4.69) is 10.1 Å². The number of H-pyrrole nitrogens is 1. The normalized spacial score (nSPS) is 10.8. The molecule has 0 aliphatic rings. The molecule has 0 aliphatic carbocycles. The molecule has 0 spiro atoms. The fraction of sp³-hybridized carbons (Fsp3) is 0. The maximum absolute atomic E-state index is 8.96. The number of nitrogens with two attached hydrogens (primary N) is 1. The molecule has 2 rings (SSSR count). The van der Waals surface area contributed by atoms with Crippen LogP contribution < -0.4 is 5.73 Å². The van der Waals surface area contributed by atoms with Gasteiger partial charge >= 0.3 is 0 Å². The predicted octanol–water partition coefficient (Wildman–Crippen LogP) is -0.0498. The van der Waals surface area contributed by atoms with Crippen molar-refractivity contribution < 1.29 is 5.11 Å². The molecule has 0 aromatic carbocycles. The quantitative estimate of drug-likeness (QED) is 0.477. The first-order valence-corrected chi connectivity index (χ1v) is 2.79. The molecule has 5 nitrogen and oxygen atoms in total. The third-order valence-corrected chi connectivity index (χ3v) is 1.36. The number of rotatable bonds is 0. The van der Waals surface area contributed by atoms with E-state index in [0.717, 1.165) is 0 Å². The third kappa shape index (κ3) is 0.439. The lowest BCUT2D eigenvalue weighted by Gasteiger charge is -1.86. The summed E-state index contributed by atoms with van der Waals surface area (Å²) in [4.78, 5) is 3.73. The molecule has 5 heteroatoms. The summed E-state index contributed by atoms with van der Waals surface area (Å²) in [6.07, 6.45) is 1.69. The van der Waals surface area contributed by atoms with Gasteiger partial charge in [-0.25, -0.2) is 4.52 Å². The van der Waals surface area contributed by atoms with Crippen LogP contribution in [0.2, 0.25) is 0 Å². The Morgan fingerprint density at radius 3 is 3.20 bits per heavy atom. The van der Waals surface area contributed by atoms with Crippen molar-refractivity contribution >= 4 is 11.5 Å². The minimum atomic E-state index is -0.133. The number of nitrogens with zero attached hydrogens (tertiary/aromatic N) is 2. The molecule has 10 heavy (non-hydrogen) atoms. The number of aromatic amines is 1. The summed E-state index contributed by atoms with van der Waals surface area (Å²) >= 11 is 0. The first kappa shape index (κ1) is 5.16. The van der Waals surface area contributed by atoms with Crippen LogP contribution in [0.5, 0.6) is 5.88 Å². The fourth-order valence-corrected chi connectivity index (χ4v) is 0.873. The Morgan fingerprint density at radius 2 is 2.50 bits per heavy atom. The molecule has 2 heterocycles. The molecular weight excluding hydrogens is 132 g/mol. The van der Waals surface area contributed by atoms with Gasteiger partial charge in [0.15, 0.2) is 11.5 Å². The Morgan fingerprint density at radius 1 is 1.70 bits per heavy atom. The zero-order valence-electron chi connectivity index (χ0n) is 5.07. The van der Waals surface area contributed by atoms with Crippen molar-refractivity contribution in [2.24, 2.45) is 0 Å². The number of imidazole rings is 1. The van der Waals surface area contributed by atoms with Crippen molar-refractivity contribution in [2.75, 3.05) is 5.73 Å². The number of anilines is 1. The van der Waals surface area contributed by atoms with E-state index in [1.54, 1.807) is 12.3 Å². The highest BCUT2D eigenvalue weighted by atomic mass is 16.3. The first-order valence-electron chi connectivity index (χ1n) is 2.79. The monoisotopic (exact) mass is 138 g/mol. The van der Waals surface area contributed by atoms with E-state index in [4.69, 9.17) is 10.8 Å². The van der Waals surface area contributed by atoms with Gasteiger partial charge in [-0.05, 0) is 0 Å². The molecule has 0 saturated heterocycles. The van der Waals surface area contributed by atoms with Gasteiger partial charge in [0.05, 0.1) is 0 Å². The molecular formula is C5H6N4O. The summed E-state index contributed by atoms with van der Waals surface area (Å²) in [5, 5.41) is 11.7. The molecule has 0 radical (unpaired) electrons. The van der Waals surface area contributed by atoms with Crippen LogP contribution >= 0.6 is 0 Å². The highest BCUT2D eigenvalue weighted by molar-refractivity contribution is 5.53. The molecule has 0 saturated carbocycles. The minimum Gasteiger partial charge on any atom is -0.491 e. The van der Waals surface area contributed by atoms with E-state index in [0.29, 0.717) is 5.65 Å². The van der Waals surface area contributed by atoms with Gasteiger partial charge in [-0.3, -0.25) is 5.10 Å². The van der Waals surface area contributed by atoms with Crippen molar-refractivity contribution in [2.45, 2.75) is 0 Å². The average Bonchev–Trinajstić information content (AvgIpc) is 2.41. The Balaban J connectivity index is 2.95. The topological polar surface area (TPSA) is 79.3 Å². The minimum absolute atomic E-state index is 0.133. The van der Waals surface area contributed by atoms with E-state index >= 15 is 0 Å². The summed E-state index contributed by atoms with van der Waals surface area (Å²) in [7, 11) is 0. The largest absolute Gasteiger partial charge is 0.491 e. The second-order valence-electron chi connectivity index (χ2n) is 1.98. The maximum atomic E-state index is 8.96. The Hall–Kier alpha value is -1.65. The average molecular weight is 138 g/mol. The third-order valence-electron chi connectivity index (χ3n) is 1.36. The van der Waals surface area contributed by atoms with Gasteiger partial charge in [-0.2, -0.15) is 4.98 Å². The molecule has 0 amide bonds. The van der Waals surface area contributed by atoms with E-state index in [9.17, 15) is 0 Å². The van der Waals surface area contributed by atoms with E-state index in [-0.39, 0.29) is 11.7 Å². The molecule has 52 valence electrons. The predicted molar refractivity (Wildman–Crippen MR) is 35.6 cm³/mol. The number of nitrogens with one attached hydrogen (secondary N) is 1. The second kappa shape index (κ2) is 1.44. The van der Waals surface area contributed by atoms with E-state index in [1.807, 2.05) is 0 Å². The van der Waals surface area contributed by atoms with Gasteiger partial charge in [-0.15, -0.1) is 0 Å². The molecule has 2 aromatic rings. The standard InChI is InChI=1S/C5H6N4O/c6-4-5(10)8-3-1-2-7-9(3)4/h1-2,7,10H,6H2. The van der Waals surface area contributed by atoms with Gasteiger partial charge in [0, 0.05) is 12.3 Å². The second-order valence-corrected chi connectivity index (χ2v) is 1.98. The van der Waals surface area contributed by atoms with Crippen LogP contribution in [0.4, 0.5) is 5.82 Å². The van der Waals surface area contributed by atoms with Gasteiger partial charge in [-0.1, -0.05) is 0 Å². The number of fused-ring (bicyclic) bond motifs is 1. The zero-order valence-corrected chi connectivity index (χ0v) is 5.07. The van der Waals surface area contributed by atoms with E-state index < -0.39 is 0 Å². The van der Waals surface area contributed by atoms with Gasteiger partial charge in [0.1, 0.15) is 0 Å². The van der Waals surface area contributed by atoms with Gasteiger partial charge < -0.3 is 10.8 Å². The molecule has 0 fully saturated rings. The SMILES string of the molecule is Nc1c(O)nc2cc[nH]n12. The van der Waals surface area contributed by atoms with Crippen LogP contribution in [-0.4, -0.2) is 19.7 Å².